The first-order chi connectivity index (χ1) is 6.49. The van der Waals surface area contributed by atoms with Crippen molar-refractivity contribution in [2.45, 2.75) is 18.2 Å². The minimum absolute atomic E-state index is 0.173. The number of hydrogen-bond donors (Lipinski definition) is 5. The molecule has 0 aromatic carbocycles. The number of aliphatic hydroxyl groups is 2. The summed E-state index contributed by atoms with van der Waals surface area (Å²) in [6.45, 7) is 0. The van der Waals surface area contributed by atoms with E-state index in [1.54, 1.807) is 0 Å². The first kappa shape index (κ1) is 14.1. The van der Waals surface area contributed by atoms with Crippen LogP contribution in [0.5, 0.6) is 0 Å². The molecule has 0 radical (unpaired) electrons. The largest absolute Gasteiger partial charge is 0.480 e. The zero-order valence-corrected chi connectivity index (χ0v) is 9.25. The third-order valence-electron chi connectivity index (χ3n) is 1.53. The van der Waals surface area contributed by atoms with Gasteiger partial charge in [-0.25, -0.2) is 0 Å². The second-order valence-corrected chi connectivity index (χ2v) is 4.24. The Hall–Kier alpha value is 0.0500. The maximum atomic E-state index is 10.3. The lowest BCUT2D eigenvalue weighted by molar-refractivity contribution is -0.137. The first-order valence-electron chi connectivity index (χ1n) is 4.02. The Morgan fingerprint density at radius 2 is 1.93 bits per heavy atom. The molecule has 14 heavy (non-hydrogen) atoms. The van der Waals surface area contributed by atoms with Crippen molar-refractivity contribution in [3.8, 4) is 0 Å². The predicted octanol–water partition coefficient (Wildman–Crippen LogP) is -1.22. The fourth-order valence-electron chi connectivity index (χ4n) is 0.620. The average Bonchev–Trinajstić information content (AvgIpc) is 2.15. The molecule has 0 aliphatic rings. The number of aliphatic carboxylic acids is 1. The van der Waals surface area contributed by atoms with Gasteiger partial charge in [0.15, 0.2) is 0 Å². The molecule has 3 atom stereocenters. The van der Waals surface area contributed by atoms with Crippen LogP contribution in [0.15, 0.2) is 0 Å². The van der Waals surface area contributed by atoms with Gasteiger partial charge in [-0.3, -0.25) is 4.79 Å². The number of hydrogen-bond acceptors (Lipinski definition) is 6. The molecule has 0 rings (SSSR count). The lowest BCUT2D eigenvalue weighted by atomic mass is 10.3. The van der Waals surface area contributed by atoms with Crippen LogP contribution in [0.1, 0.15) is 0 Å². The summed E-state index contributed by atoms with van der Waals surface area (Å²) in [6.07, 6.45) is -1.77. The normalized spacial score (nSPS) is 17.4. The van der Waals surface area contributed by atoms with Gasteiger partial charge in [-0.2, -0.15) is 24.4 Å². The molecule has 5 N–H and O–H groups in total. The second kappa shape index (κ2) is 7.36. The molecule has 0 heterocycles. The molecule has 0 saturated carbocycles. The van der Waals surface area contributed by atoms with Gasteiger partial charge in [-0.05, 0) is 0 Å². The molecule has 0 aliphatic carbocycles. The maximum Gasteiger partial charge on any atom is 0.321 e. The summed E-state index contributed by atoms with van der Waals surface area (Å²) in [5, 5.41) is 26.8. The quantitative estimate of drug-likeness (QED) is 0.358. The van der Waals surface area contributed by atoms with Crippen LogP contribution < -0.4 is 5.73 Å². The van der Waals surface area contributed by atoms with Crippen molar-refractivity contribution >= 4 is 30.4 Å². The van der Waals surface area contributed by atoms with E-state index < -0.39 is 24.2 Å². The van der Waals surface area contributed by atoms with Crippen molar-refractivity contribution in [1.29, 1.82) is 0 Å². The highest BCUT2D eigenvalue weighted by atomic mass is 32.2. The molecule has 0 bridgehead atoms. The highest BCUT2D eigenvalue weighted by Crippen LogP contribution is 2.08. The van der Waals surface area contributed by atoms with E-state index in [4.69, 9.17) is 15.9 Å². The number of thiol groups is 1. The number of aliphatic hydroxyl groups excluding tert-OH is 2. The number of nitrogens with two attached hydrogens (primary N) is 1. The van der Waals surface area contributed by atoms with Gasteiger partial charge in [0.25, 0.3) is 0 Å². The summed E-state index contributed by atoms with van der Waals surface area (Å²) in [5.41, 5.74) is 5.23. The summed E-state index contributed by atoms with van der Waals surface area (Å²) in [5.74, 6) is -0.428. The third kappa shape index (κ3) is 5.71. The van der Waals surface area contributed by atoms with Gasteiger partial charge in [0.2, 0.25) is 0 Å². The SMILES string of the molecule is N[C@@H](CSCC(O)C(O)CS)C(=O)O. The summed E-state index contributed by atoms with van der Waals surface area (Å²) >= 11 is 5.00. The highest BCUT2D eigenvalue weighted by Gasteiger charge is 2.16. The van der Waals surface area contributed by atoms with E-state index in [1.807, 2.05) is 0 Å². The van der Waals surface area contributed by atoms with E-state index in [1.165, 1.54) is 11.8 Å². The van der Waals surface area contributed by atoms with E-state index in [0.29, 0.717) is 0 Å². The molecule has 0 aliphatic heterocycles. The highest BCUT2D eigenvalue weighted by molar-refractivity contribution is 7.99. The lowest BCUT2D eigenvalue weighted by Gasteiger charge is -2.15. The Balaban J connectivity index is 3.58. The van der Waals surface area contributed by atoms with Crippen LogP contribution in [0, 0.1) is 0 Å². The van der Waals surface area contributed by atoms with E-state index in [-0.39, 0.29) is 17.3 Å². The first-order valence-corrected chi connectivity index (χ1v) is 5.80. The molecule has 0 aromatic rings. The summed E-state index contributed by atoms with van der Waals surface area (Å²) in [7, 11) is 0. The van der Waals surface area contributed by atoms with Crippen molar-refractivity contribution in [2.24, 2.45) is 5.73 Å². The van der Waals surface area contributed by atoms with E-state index >= 15 is 0 Å². The lowest BCUT2D eigenvalue weighted by Crippen LogP contribution is -2.34. The molecule has 7 heteroatoms. The van der Waals surface area contributed by atoms with Crippen LogP contribution in [0.3, 0.4) is 0 Å². The van der Waals surface area contributed by atoms with Crippen molar-refractivity contribution in [3.63, 3.8) is 0 Å². The molecule has 5 nitrogen and oxygen atoms in total. The van der Waals surface area contributed by atoms with Crippen molar-refractivity contribution in [2.75, 3.05) is 17.3 Å². The zero-order chi connectivity index (χ0) is 11.1. The molecular weight excluding hydrogens is 226 g/mol. The van der Waals surface area contributed by atoms with Crippen LogP contribution in [-0.4, -0.2) is 56.8 Å². The number of rotatable bonds is 7. The van der Waals surface area contributed by atoms with Gasteiger partial charge in [0.1, 0.15) is 6.04 Å². The van der Waals surface area contributed by atoms with Gasteiger partial charge in [-0.15, -0.1) is 0 Å². The molecule has 0 fully saturated rings. The van der Waals surface area contributed by atoms with Crippen LogP contribution in [0.25, 0.3) is 0 Å². The van der Waals surface area contributed by atoms with Crippen LogP contribution in [0.4, 0.5) is 0 Å². The number of thioether (sulfide) groups is 1. The van der Waals surface area contributed by atoms with Gasteiger partial charge >= 0.3 is 5.97 Å². The van der Waals surface area contributed by atoms with Crippen LogP contribution in [0.2, 0.25) is 0 Å². The molecule has 84 valence electrons. The molecule has 2 unspecified atom stereocenters. The van der Waals surface area contributed by atoms with E-state index in [9.17, 15) is 9.90 Å². The van der Waals surface area contributed by atoms with Crippen LogP contribution in [-0.2, 0) is 4.79 Å². The van der Waals surface area contributed by atoms with E-state index in [0.717, 1.165) is 0 Å². The third-order valence-corrected chi connectivity index (χ3v) is 3.08. The number of carbonyl (C=O) groups is 1. The standard InChI is InChI=1S/C7H15NO4S2/c8-4(7(11)12)2-14-3-6(10)5(9)1-13/h4-6,9-10,13H,1-3,8H2,(H,11,12)/t4-,5?,6?/m0/s1. The molecule has 0 amide bonds. The Bertz CT molecular complexity index is 181. The van der Waals surface area contributed by atoms with E-state index in [2.05, 4.69) is 12.6 Å². The average molecular weight is 241 g/mol. The topological polar surface area (TPSA) is 104 Å². The Morgan fingerprint density at radius 3 is 2.36 bits per heavy atom. The maximum absolute atomic E-state index is 10.3. The monoisotopic (exact) mass is 241 g/mol. The Kier molecular flexibility index (Phi) is 7.38. The molecular formula is C7H15NO4S2. The summed E-state index contributed by atoms with van der Waals surface area (Å²) in [6, 6.07) is -0.930. The van der Waals surface area contributed by atoms with Gasteiger partial charge in [0, 0.05) is 17.3 Å². The number of carboxylic acids is 1. The Labute approximate surface area is 92.1 Å². The predicted molar refractivity (Wildman–Crippen MR) is 58.8 cm³/mol. The molecule has 0 aromatic heterocycles. The van der Waals surface area contributed by atoms with Gasteiger partial charge in [-0.1, -0.05) is 0 Å². The Morgan fingerprint density at radius 1 is 1.36 bits per heavy atom. The molecule has 0 spiro atoms. The van der Waals surface area contributed by atoms with Crippen LogP contribution >= 0.6 is 24.4 Å². The van der Waals surface area contributed by atoms with Crippen molar-refractivity contribution in [1.82, 2.24) is 0 Å². The number of carboxylic acid groups (broad SMARTS) is 1. The minimum Gasteiger partial charge on any atom is -0.480 e. The summed E-state index contributed by atoms with van der Waals surface area (Å²) in [4.78, 5) is 10.3. The fraction of sp³-hybridized carbons (Fsp3) is 0.857. The second-order valence-electron chi connectivity index (χ2n) is 2.80. The fourth-order valence-corrected chi connectivity index (χ4v) is 1.86. The van der Waals surface area contributed by atoms with Crippen molar-refractivity contribution in [3.05, 3.63) is 0 Å². The minimum atomic E-state index is -1.07. The van der Waals surface area contributed by atoms with Gasteiger partial charge < -0.3 is 21.1 Å². The van der Waals surface area contributed by atoms with Crippen molar-refractivity contribution < 1.29 is 20.1 Å². The molecule has 0 saturated heterocycles. The zero-order valence-electron chi connectivity index (χ0n) is 7.54. The smallest absolute Gasteiger partial charge is 0.321 e. The van der Waals surface area contributed by atoms with Gasteiger partial charge in [0.05, 0.1) is 12.2 Å². The summed E-state index contributed by atoms with van der Waals surface area (Å²) < 4.78 is 0.